The minimum absolute atomic E-state index is 0.0149. The highest BCUT2D eigenvalue weighted by Crippen LogP contribution is 2.10. The Kier molecular flexibility index (Phi) is 7.32. The molecule has 0 aliphatic carbocycles. The van der Waals surface area contributed by atoms with Crippen LogP contribution in [0, 0.1) is 0 Å². The Morgan fingerprint density at radius 2 is 1.38 bits per heavy atom. The standard InChI is InChI=1S/C16H15NO4S.C2H6/c1-2-15(18)12-8-10-13(11-9-12)16(19)17-22(20,21)14-6-4-3-5-7-14;1-2/h3-11H,2H2,1H3,(H,17,19);1-2H3. The summed E-state index contributed by atoms with van der Waals surface area (Å²) in [7, 11) is -3.91. The van der Waals surface area contributed by atoms with E-state index >= 15 is 0 Å². The van der Waals surface area contributed by atoms with E-state index in [4.69, 9.17) is 0 Å². The second-order valence-electron chi connectivity index (χ2n) is 4.60. The molecular weight excluding hydrogens is 326 g/mol. The van der Waals surface area contributed by atoms with Gasteiger partial charge in [0.25, 0.3) is 15.9 Å². The quantitative estimate of drug-likeness (QED) is 0.840. The number of benzene rings is 2. The highest BCUT2D eigenvalue weighted by atomic mass is 32.2. The van der Waals surface area contributed by atoms with Crippen LogP contribution in [0.5, 0.6) is 0 Å². The Morgan fingerprint density at radius 1 is 0.875 bits per heavy atom. The highest BCUT2D eigenvalue weighted by molar-refractivity contribution is 7.90. The van der Waals surface area contributed by atoms with E-state index in [-0.39, 0.29) is 16.2 Å². The molecule has 5 nitrogen and oxygen atoms in total. The lowest BCUT2D eigenvalue weighted by molar-refractivity contribution is 0.0972. The number of carbonyl (C=O) groups is 2. The summed E-state index contributed by atoms with van der Waals surface area (Å²) in [4.78, 5) is 23.5. The van der Waals surface area contributed by atoms with Crippen molar-refractivity contribution in [2.45, 2.75) is 32.1 Å². The molecule has 6 heteroatoms. The van der Waals surface area contributed by atoms with Crippen molar-refractivity contribution < 1.29 is 18.0 Å². The van der Waals surface area contributed by atoms with E-state index in [1.54, 1.807) is 25.1 Å². The van der Waals surface area contributed by atoms with Crippen molar-refractivity contribution in [2.24, 2.45) is 0 Å². The molecule has 1 amide bonds. The van der Waals surface area contributed by atoms with Crippen LogP contribution in [0.1, 0.15) is 47.9 Å². The summed E-state index contributed by atoms with van der Waals surface area (Å²) in [6, 6.07) is 13.5. The fourth-order valence-electron chi connectivity index (χ4n) is 1.85. The van der Waals surface area contributed by atoms with Gasteiger partial charge in [-0.25, -0.2) is 13.1 Å². The lowest BCUT2D eigenvalue weighted by Gasteiger charge is -2.07. The van der Waals surface area contributed by atoms with Gasteiger partial charge in [0.1, 0.15) is 0 Å². The molecule has 0 atom stereocenters. The zero-order valence-corrected chi connectivity index (χ0v) is 14.8. The van der Waals surface area contributed by atoms with E-state index in [1.807, 2.05) is 18.6 Å². The maximum Gasteiger partial charge on any atom is 0.264 e. The fraction of sp³-hybridized carbons (Fsp3) is 0.222. The smallest absolute Gasteiger partial charge is 0.264 e. The molecule has 0 saturated heterocycles. The molecule has 0 unspecified atom stereocenters. The number of Topliss-reactive ketones (excluding diaryl/α,β-unsaturated/α-hetero) is 1. The first-order chi connectivity index (χ1) is 11.4. The van der Waals surface area contributed by atoms with Gasteiger partial charge in [-0.2, -0.15) is 0 Å². The van der Waals surface area contributed by atoms with Crippen LogP contribution in [0.15, 0.2) is 59.5 Å². The van der Waals surface area contributed by atoms with E-state index in [9.17, 15) is 18.0 Å². The summed E-state index contributed by atoms with van der Waals surface area (Å²) in [6.45, 7) is 5.75. The van der Waals surface area contributed by atoms with Crippen molar-refractivity contribution in [1.29, 1.82) is 0 Å². The number of rotatable bonds is 5. The Labute approximate surface area is 142 Å². The SMILES string of the molecule is CC.CCC(=O)c1ccc(C(=O)NS(=O)(=O)c2ccccc2)cc1. The van der Waals surface area contributed by atoms with Crippen LogP contribution in [0.2, 0.25) is 0 Å². The van der Waals surface area contributed by atoms with Gasteiger partial charge in [0.2, 0.25) is 0 Å². The lowest BCUT2D eigenvalue weighted by Crippen LogP contribution is -2.30. The second-order valence-corrected chi connectivity index (χ2v) is 6.28. The number of hydrogen-bond donors (Lipinski definition) is 1. The van der Waals surface area contributed by atoms with Crippen LogP contribution >= 0.6 is 0 Å². The minimum Gasteiger partial charge on any atom is -0.294 e. The molecule has 24 heavy (non-hydrogen) atoms. The number of ketones is 1. The van der Waals surface area contributed by atoms with Crippen LogP contribution in [0.3, 0.4) is 0 Å². The molecule has 0 saturated carbocycles. The first-order valence-corrected chi connectivity index (χ1v) is 9.18. The molecule has 128 valence electrons. The monoisotopic (exact) mass is 347 g/mol. The predicted molar refractivity (Wildman–Crippen MR) is 93.5 cm³/mol. The van der Waals surface area contributed by atoms with Gasteiger partial charge in [0, 0.05) is 17.5 Å². The van der Waals surface area contributed by atoms with Gasteiger partial charge in [-0.1, -0.05) is 51.1 Å². The molecule has 0 aliphatic heterocycles. The van der Waals surface area contributed by atoms with Gasteiger partial charge in [-0.3, -0.25) is 9.59 Å². The third-order valence-corrected chi connectivity index (χ3v) is 4.42. The van der Waals surface area contributed by atoms with E-state index < -0.39 is 15.9 Å². The zero-order chi connectivity index (χ0) is 18.2. The second kappa shape index (κ2) is 8.98. The third kappa shape index (κ3) is 5.03. The van der Waals surface area contributed by atoms with Crippen molar-refractivity contribution >= 4 is 21.7 Å². The maximum absolute atomic E-state index is 12.1. The largest absolute Gasteiger partial charge is 0.294 e. The van der Waals surface area contributed by atoms with Gasteiger partial charge in [-0.05, 0) is 24.3 Å². The van der Waals surface area contributed by atoms with E-state index in [0.29, 0.717) is 12.0 Å². The average molecular weight is 347 g/mol. The van der Waals surface area contributed by atoms with Gasteiger partial charge in [0.15, 0.2) is 5.78 Å². The summed E-state index contributed by atoms with van der Waals surface area (Å²) in [5.41, 5.74) is 0.664. The van der Waals surface area contributed by atoms with Crippen LogP contribution < -0.4 is 4.72 Å². The van der Waals surface area contributed by atoms with Crippen LogP contribution in [0.25, 0.3) is 0 Å². The normalized spacial score (nSPS) is 10.3. The molecule has 1 N–H and O–H groups in total. The molecule has 0 aliphatic rings. The van der Waals surface area contributed by atoms with Gasteiger partial charge in [0.05, 0.1) is 4.90 Å². The van der Waals surface area contributed by atoms with E-state index in [0.717, 1.165) is 0 Å². The first-order valence-electron chi connectivity index (χ1n) is 7.69. The number of amides is 1. The van der Waals surface area contributed by atoms with Gasteiger partial charge >= 0.3 is 0 Å². The molecule has 0 heterocycles. The van der Waals surface area contributed by atoms with Crippen molar-refractivity contribution in [3.63, 3.8) is 0 Å². The molecule has 0 spiro atoms. The molecular formula is C18H21NO4S. The molecule has 2 aromatic rings. The van der Waals surface area contributed by atoms with Crippen molar-refractivity contribution in [3.05, 3.63) is 65.7 Å². The predicted octanol–water partition coefficient (Wildman–Crippen LogP) is 3.42. The van der Waals surface area contributed by atoms with E-state index in [2.05, 4.69) is 0 Å². The summed E-state index contributed by atoms with van der Waals surface area (Å²) in [6.07, 6.45) is 0.369. The van der Waals surface area contributed by atoms with E-state index in [1.165, 1.54) is 36.4 Å². The first kappa shape index (κ1) is 19.6. The summed E-state index contributed by atoms with van der Waals surface area (Å²) < 4.78 is 26.1. The van der Waals surface area contributed by atoms with Gasteiger partial charge < -0.3 is 0 Å². The molecule has 2 aromatic carbocycles. The molecule has 0 radical (unpaired) electrons. The number of nitrogens with one attached hydrogen (secondary N) is 1. The van der Waals surface area contributed by atoms with Crippen molar-refractivity contribution in [1.82, 2.24) is 4.72 Å². The zero-order valence-electron chi connectivity index (χ0n) is 13.9. The van der Waals surface area contributed by atoms with Crippen LogP contribution in [0.4, 0.5) is 0 Å². The molecule has 2 rings (SSSR count). The summed E-state index contributed by atoms with van der Waals surface area (Å²) >= 11 is 0. The van der Waals surface area contributed by atoms with Crippen LogP contribution in [-0.2, 0) is 10.0 Å². The number of carbonyl (C=O) groups excluding carboxylic acids is 2. The average Bonchev–Trinajstić information content (AvgIpc) is 2.63. The maximum atomic E-state index is 12.1. The third-order valence-electron chi connectivity index (χ3n) is 3.07. The Morgan fingerprint density at radius 3 is 1.88 bits per heavy atom. The minimum atomic E-state index is -3.91. The van der Waals surface area contributed by atoms with Crippen molar-refractivity contribution in [2.75, 3.05) is 0 Å². The van der Waals surface area contributed by atoms with Gasteiger partial charge in [-0.15, -0.1) is 0 Å². The highest BCUT2D eigenvalue weighted by Gasteiger charge is 2.18. The Hall–Kier alpha value is -2.47. The number of sulfonamides is 1. The Bertz CT molecular complexity index is 782. The summed E-state index contributed by atoms with van der Waals surface area (Å²) in [5, 5.41) is 0. The topological polar surface area (TPSA) is 80.3 Å². The lowest BCUT2D eigenvalue weighted by atomic mass is 10.1. The molecule has 0 aromatic heterocycles. The summed E-state index contributed by atoms with van der Waals surface area (Å²) in [5.74, 6) is -0.775. The Balaban J connectivity index is 0.00000139. The molecule has 0 fully saturated rings. The fourth-order valence-corrected chi connectivity index (χ4v) is 2.85. The van der Waals surface area contributed by atoms with Crippen LogP contribution in [-0.4, -0.2) is 20.1 Å². The molecule has 0 bridgehead atoms. The number of hydrogen-bond acceptors (Lipinski definition) is 4. The van der Waals surface area contributed by atoms with Crippen molar-refractivity contribution in [3.8, 4) is 0 Å².